The number of benzene rings is 1. The normalized spacial score (nSPS) is 21.1. The summed E-state index contributed by atoms with van der Waals surface area (Å²) in [5.74, 6) is -1.25. The van der Waals surface area contributed by atoms with E-state index in [4.69, 9.17) is 9.47 Å². The van der Waals surface area contributed by atoms with Gasteiger partial charge in [-0.2, -0.15) is 0 Å². The summed E-state index contributed by atoms with van der Waals surface area (Å²) in [6.07, 6.45) is -1.48. The van der Waals surface area contributed by atoms with Crippen molar-refractivity contribution in [2.45, 2.75) is 45.6 Å². The molecule has 1 saturated heterocycles. The molecule has 0 aromatic heterocycles. The van der Waals surface area contributed by atoms with Crippen LogP contribution in [0, 0.1) is 5.92 Å². The second-order valence-electron chi connectivity index (χ2n) is 6.58. The van der Waals surface area contributed by atoms with Crippen molar-refractivity contribution in [3.8, 4) is 0 Å². The summed E-state index contributed by atoms with van der Waals surface area (Å²) in [4.78, 5) is 25.3. The third kappa shape index (κ3) is 4.69. The van der Waals surface area contributed by atoms with Gasteiger partial charge in [-0.15, -0.1) is 0 Å². The molecule has 1 heterocycles. The summed E-state index contributed by atoms with van der Waals surface area (Å²) in [6, 6.07) is 9.30. The summed E-state index contributed by atoms with van der Waals surface area (Å²) in [6.45, 7) is 5.66. The molecule has 126 valence electrons. The Balaban J connectivity index is 1.89. The third-order valence-corrected chi connectivity index (χ3v) is 3.51. The summed E-state index contributed by atoms with van der Waals surface area (Å²) >= 11 is 0. The predicted molar refractivity (Wildman–Crippen MR) is 83.3 cm³/mol. The van der Waals surface area contributed by atoms with Crippen molar-refractivity contribution in [3.05, 3.63) is 35.9 Å². The van der Waals surface area contributed by atoms with E-state index in [0.29, 0.717) is 6.42 Å². The molecule has 2 unspecified atom stereocenters. The topological polar surface area (TPSA) is 76.1 Å². The van der Waals surface area contributed by atoms with Crippen LogP contribution in [0.4, 0.5) is 4.79 Å². The highest BCUT2D eigenvalue weighted by Crippen LogP contribution is 2.26. The van der Waals surface area contributed by atoms with Crippen LogP contribution in [-0.4, -0.2) is 40.4 Å². The van der Waals surface area contributed by atoms with Crippen LogP contribution in [0.5, 0.6) is 0 Å². The van der Waals surface area contributed by atoms with Gasteiger partial charge in [-0.05, 0) is 32.8 Å². The lowest BCUT2D eigenvalue weighted by atomic mass is 10.1. The van der Waals surface area contributed by atoms with Crippen LogP contribution in [0.25, 0.3) is 0 Å². The number of nitrogens with zero attached hydrogens (tertiary/aromatic N) is 1. The number of hydrogen-bond acceptors (Lipinski definition) is 5. The largest absolute Gasteiger partial charge is 0.460 e. The van der Waals surface area contributed by atoms with E-state index >= 15 is 0 Å². The van der Waals surface area contributed by atoms with Gasteiger partial charge >= 0.3 is 12.1 Å². The zero-order valence-electron chi connectivity index (χ0n) is 13.7. The van der Waals surface area contributed by atoms with Crippen molar-refractivity contribution in [2.24, 2.45) is 5.92 Å². The molecule has 2 rings (SSSR count). The van der Waals surface area contributed by atoms with E-state index in [2.05, 4.69) is 0 Å². The Labute approximate surface area is 136 Å². The highest BCUT2D eigenvalue weighted by Gasteiger charge is 2.42. The number of likely N-dealkylation sites (tertiary alicyclic amines) is 1. The monoisotopic (exact) mass is 321 g/mol. The standard InChI is InChI=1S/C17H23NO5/c1-17(2,3)23-16(21)18-10-9-13(14(18)19)15(20)22-11-12-7-5-4-6-8-12/h4-8,13-14,19H,9-11H2,1-3H3. The minimum absolute atomic E-state index is 0.148. The van der Waals surface area contributed by atoms with Crippen molar-refractivity contribution < 1.29 is 24.2 Å². The van der Waals surface area contributed by atoms with E-state index in [1.807, 2.05) is 30.3 Å². The van der Waals surface area contributed by atoms with E-state index in [0.717, 1.165) is 5.56 Å². The maximum absolute atomic E-state index is 12.1. The molecule has 6 nitrogen and oxygen atoms in total. The number of carbonyl (C=O) groups excluding carboxylic acids is 2. The number of aliphatic hydroxyl groups excluding tert-OH is 1. The molecule has 0 radical (unpaired) electrons. The molecule has 1 amide bonds. The molecule has 0 spiro atoms. The zero-order valence-corrected chi connectivity index (χ0v) is 13.7. The zero-order chi connectivity index (χ0) is 17.0. The van der Waals surface area contributed by atoms with Crippen LogP contribution < -0.4 is 0 Å². The molecule has 0 saturated carbocycles. The minimum atomic E-state index is -1.21. The van der Waals surface area contributed by atoms with Gasteiger partial charge in [0.2, 0.25) is 0 Å². The molecule has 1 N–H and O–H groups in total. The van der Waals surface area contributed by atoms with Gasteiger partial charge < -0.3 is 14.6 Å². The summed E-state index contributed by atoms with van der Waals surface area (Å²) in [5.41, 5.74) is 0.222. The maximum Gasteiger partial charge on any atom is 0.412 e. The van der Waals surface area contributed by atoms with Gasteiger partial charge in [-0.3, -0.25) is 9.69 Å². The molecule has 1 aliphatic heterocycles. The molecule has 23 heavy (non-hydrogen) atoms. The second-order valence-corrected chi connectivity index (χ2v) is 6.58. The summed E-state index contributed by atoms with van der Waals surface area (Å²) in [7, 11) is 0. The lowest BCUT2D eigenvalue weighted by Gasteiger charge is -2.27. The molecular formula is C17H23NO5. The van der Waals surface area contributed by atoms with Crippen molar-refractivity contribution in [2.75, 3.05) is 6.54 Å². The minimum Gasteiger partial charge on any atom is -0.460 e. The van der Waals surface area contributed by atoms with Crippen molar-refractivity contribution in [1.82, 2.24) is 4.90 Å². The number of hydrogen-bond donors (Lipinski definition) is 1. The quantitative estimate of drug-likeness (QED) is 0.865. The van der Waals surface area contributed by atoms with Gasteiger partial charge in [-0.25, -0.2) is 4.79 Å². The first-order valence-electron chi connectivity index (χ1n) is 7.66. The van der Waals surface area contributed by atoms with Crippen LogP contribution in [0.15, 0.2) is 30.3 Å². The molecular weight excluding hydrogens is 298 g/mol. The van der Waals surface area contributed by atoms with E-state index < -0.39 is 29.8 Å². The van der Waals surface area contributed by atoms with Crippen molar-refractivity contribution in [1.29, 1.82) is 0 Å². The maximum atomic E-state index is 12.1. The van der Waals surface area contributed by atoms with Crippen LogP contribution >= 0.6 is 0 Å². The summed E-state index contributed by atoms with van der Waals surface area (Å²) in [5, 5.41) is 10.2. The number of rotatable bonds is 3. The van der Waals surface area contributed by atoms with Crippen LogP contribution in [0.2, 0.25) is 0 Å². The smallest absolute Gasteiger partial charge is 0.412 e. The Morgan fingerprint density at radius 2 is 1.91 bits per heavy atom. The SMILES string of the molecule is CC(C)(C)OC(=O)N1CCC(C(=O)OCc2ccccc2)C1O. The van der Waals surface area contributed by atoms with Crippen LogP contribution in [0.3, 0.4) is 0 Å². The predicted octanol–water partition coefficient (Wildman–Crippen LogP) is 2.31. The lowest BCUT2D eigenvalue weighted by Crippen LogP contribution is -2.42. The van der Waals surface area contributed by atoms with Gasteiger partial charge in [0.25, 0.3) is 0 Å². The first-order chi connectivity index (χ1) is 10.8. The van der Waals surface area contributed by atoms with Gasteiger partial charge in [-0.1, -0.05) is 30.3 Å². The highest BCUT2D eigenvalue weighted by molar-refractivity contribution is 5.76. The van der Waals surface area contributed by atoms with Crippen LogP contribution in [0.1, 0.15) is 32.8 Å². The molecule has 0 bridgehead atoms. The number of aliphatic hydroxyl groups is 1. The average molecular weight is 321 g/mol. The Kier molecular flexibility index (Phi) is 5.26. The fraction of sp³-hybridized carbons (Fsp3) is 0.529. The van der Waals surface area contributed by atoms with E-state index in [9.17, 15) is 14.7 Å². The second kappa shape index (κ2) is 7.00. The Morgan fingerprint density at radius 1 is 1.26 bits per heavy atom. The van der Waals surface area contributed by atoms with Gasteiger partial charge in [0.1, 0.15) is 24.4 Å². The molecule has 1 fully saturated rings. The average Bonchev–Trinajstić information content (AvgIpc) is 2.86. The fourth-order valence-electron chi connectivity index (χ4n) is 2.37. The number of ether oxygens (including phenoxy) is 2. The van der Waals surface area contributed by atoms with Crippen molar-refractivity contribution in [3.63, 3.8) is 0 Å². The fourth-order valence-corrected chi connectivity index (χ4v) is 2.37. The van der Waals surface area contributed by atoms with Crippen molar-refractivity contribution >= 4 is 12.1 Å². The first-order valence-corrected chi connectivity index (χ1v) is 7.66. The number of esters is 1. The van der Waals surface area contributed by atoms with Crippen LogP contribution in [-0.2, 0) is 20.9 Å². The molecule has 1 aromatic carbocycles. The van der Waals surface area contributed by atoms with Gasteiger partial charge in [0.15, 0.2) is 0 Å². The molecule has 1 aromatic rings. The third-order valence-electron chi connectivity index (χ3n) is 3.51. The molecule has 6 heteroatoms. The van der Waals surface area contributed by atoms with Gasteiger partial charge in [0.05, 0.1) is 0 Å². The summed E-state index contributed by atoms with van der Waals surface area (Å²) < 4.78 is 10.5. The molecule has 2 atom stereocenters. The number of amides is 1. The Hall–Kier alpha value is -2.08. The van der Waals surface area contributed by atoms with E-state index in [1.165, 1.54) is 4.90 Å². The molecule has 0 aliphatic carbocycles. The lowest BCUT2D eigenvalue weighted by molar-refractivity contribution is -0.154. The highest BCUT2D eigenvalue weighted by atomic mass is 16.6. The first kappa shape index (κ1) is 17.3. The van der Waals surface area contributed by atoms with E-state index in [1.54, 1.807) is 20.8 Å². The van der Waals surface area contributed by atoms with E-state index in [-0.39, 0.29) is 13.2 Å². The Bertz CT molecular complexity index is 552. The van der Waals surface area contributed by atoms with Gasteiger partial charge in [0, 0.05) is 6.54 Å². The number of carbonyl (C=O) groups is 2. The Morgan fingerprint density at radius 3 is 2.52 bits per heavy atom. The molecule has 1 aliphatic rings.